The summed E-state index contributed by atoms with van der Waals surface area (Å²) in [6.07, 6.45) is 1.48. The number of hydrogen-bond acceptors (Lipinski definition) is 7. The summed E-state index contributed by atoms with van der Waals surface area (Å²) < 4.78 is 1.38. The van der Waals surface area contributed by atoms with E-state index in [1.54, 1.807) is 0 Å². The van der Waals surface area contributed by atoms with E-state index in [-0.39, 0.29) is 0 Å². The van der Waals surface area contributed by atoms with Gasteiger partial charge in [-0.2, -0.15) is 4.98 Å². The van der Waals surface area contributed by atoms with Crippen LogP contribution in [0.3, 0.4) is 0 Å². The fourth-order valence-corrected chi connectivity index (χ4v) is 5.33. The summed E-state index contributed by atoms with van der Waals surface area (Å²) in [5.41, 5.74) is 6.21. The average Bonchev–Trinajstić information content (AvgIpc) is 3.12. The van der Waals surface area contributed by atoms with Gasteiger partial charge >= 0.3 is 5.69 Å². The third-order valence-electron chi connectivity index (χ3n) is 7.58. The first-order chi connectivity index (χ1) is 22.2. The number of nitrogens with zero attached hydrogens (tertiary/aromatic N) is 7. The average molecular weight is 582 g/mol. The Bertz CT molecular complexity index is 2340. The van der Waals surface area contributed by atoms with Crippen LogP contribution in [0.2, 0.25) is 0 Å². The van der Waals surface area contributed by atoms with Crippen LogP contribution in [0.25, 0.3) is 73.2 Å². The molecule has 0 aliphatic rings. The highest BCUT2D eigenvalue weighted by atomic mass is 16.1. The molecule has 0 bridgehead atoms. The van der Waals surface area contributed by atoms with Crippen molar-refractivity contribution in [3.8, 4) is 56.7 Å². The molecule has 0 amide bonds. The van der Waals surface area contributed by atoms with E-state index in [4.69, 9.17) is 19.9 Å². The summed E-state index contributed by atoms with van der Waals surface area (Å²) in [6, 6.07) is 43.4. The molecule has 8 nitrogen and oxygen atoms in total. The van der Waals surface area contributed by atoms with E-state index in [9.17, 15) is 4.79 Å². The minimum atomic E-state index is -0.424. The summed E-state index contributed by atoms with van der Waals surface area (Å²) in [6.45, 7) is 0. The maximum absolute atomic E-state index is 12.9. The molecule has 0 spiro atoms. The van der Waals surface area contributed by atoms with Crippen LogP contribution in [0, 0.1) is 0 Å². The van der Waals surface area contributed by atoms with Crippen LogP contribution in [-0.4, -0.2) is 34.3 Å². The van der Waals surface area contributed by atoms with Crippen LogP contribution in [0.5, 0.6) is 0 Å². The van der Waals surface area contributed by atoms with Gasteiger partial charge in [-0.15, -0.1) is 0 Å². The zero-order chi connectivity index (χ0) is 30.2. The predicted molar refractivity (Wildman–Crippen MR) is 175 cm³/mol. The molecular weight excluding hydrogens is 558 g/mol. The molecular formula is C37H23N7O. The second-order valence-electron chi connectivity index (χ2n) is 10.5. The lowest BCUT2D eigenvalue weighted by atomic mass is 10.0. The monoisotopic (exact) mass is 581 g/mol. The smallest absolute Gasteiger partial charge is 0.245 e. The quantitative estimate of drug-likeness (QED) is 0.199. The van der Waals surface area contributed by atoms with Gasteiger partial charge in [-0.05, 0) is 29.3 Å². The van der Waals surface area contributed by atoms with Gasteiger partial charge in [0.05, 0.1) is 5.52 Å². The number of fused-ring (bicyclic) bond motifs is 3. The Morgan fingerprint density at radius 2 is 0.911 bits per heavy atom. The fraction of sp³-hybridized carbons (Fsp3) is 0. The topological polar surface area (TPSA) is 98.8 Å². The Labute approximate surface area is 257 Å². The molecule has 3 aromatic heterocycles. The minimum absolute atomic E-state index is 0.381. The molecule has 0 aliphatic carbocycles. The van der Waals surface area contributed by atoms with Crippen LogP contribution in [-0.2, 0) is 0 Å². The molecule has 0 fully saturated rings. The lowest BCUT2D eigenvalue weighted by molar-refractivity contribution is 0.931. The summed E-state index contributed by atoms with van der Waals surface area (Å²) in [5, 5.41) is 0.756. The second-order valence-corrected chi connectivity index (χ2v) is 10.5. The molecule has 8 aromatic rings. The van der Waals surface area contributed by atoms with E-state index < -0.39 is 5.69 Å². The maximum Gasteiger partial charge on any atom is 0.356 e. The molecule has 8 rings (SSSR count). The Morgan fingerprint density at radius 3 is 1.51 bits per heavy atom. The zero-order valence-electron chi connectivity index (χ0n) is 23.8. The van der Waals surface area contributed by atoms with Crippen molar-refractivity contribution in [2.75, 3.05) is 0 Å². The molecule has 0 saturated heterocycles. The third-order valence-corrected chi connectivity index (χ3v) is 7.58. The van der Waals surface area contributed by atoms with Crippen molar-refractivity contribution in [3.63, 3.8) is 0 Å². The summed E-state index contributed by atoms with van der Waals surface area (Å²) in [7, 11) is 0. The summed E-state index contributed by atoms with van der Waals surface area (Å²) in [5.74, 6) is 2.18. The molecule has 0 saturated carbocycles. The van der Waals surface area contributed by atoms with Crippen molar-refractivity contribution in [2.45, 2.75) is 0 Å². The molecule has 0 aliphatic heterocycles. The fourth-order valence-electron chi connectivity index (χ4n) is 5.33. The van der Waals surface area contributed by atoms with Crippen LogP contribution in [0.15, 0.2) is 145 Å². The minimum Gasteiger partial charge on any atom is -0.245 e. The first kappa shape index (κ1) is 26.2. The number of benzene rings is 5. The highest BCUT2D eigenvalue weighted by Crippen LogP contribution is 2.30. The van der Waals surface area contributed by atoms with Gasteiger partial charge in [0, 0.05) is 27.6 Å². The van der Waals surface area contributed by atoms with Crippen molar-refractivity contribution >= 4 is 16.6 Å². The van der Waals surface area contributed by atoms with Gasteiger partial charge in [0.1, 0.15) is 6.33 Å². The van der Waals surface area contributed by atoms with Gasteiger partial charge in [-0.25, -0.2) is 34.1 Å². The van der Waals surface area contributed by atoms with Crippen LogP contribution in [0.4, 0.5) is 0 Å². The molecule has 212 valence electrons. The molecule has 0 unspecified atom stereocenters. The highest BCUT2D eigenvalue weighted by Gasteiger charge is 2.14. The molecule has 8 heteroatoms. The second kappa shape index (κ2) is 11.0. The van der Waals surface area contributed by atoms with Gasteiger partial charge < -0.3 is 0 Å². The van der Waals surface area contributed by atoms with Gasteiger partial charge in [0.15, 0.2) is 28.9 Å². The van der Waals surface area contributed by atoms with Gasteiger partial charge in [-0.3, -0.25) is 0 Å². The summed E-state index contributed by atoms with van der Waals surface area (Å²) in [4.78, 5) is 40.9. The Morgan fingerprint density at radius 1 is 0.422 bits per heavy atom. The molecule has 5 aromatic carbocycles. The molecule has 3 heterocycles. The largest absolute Gasteiger partial charge is 0.356 e. The van der Waals surface area contributed by atoms with Gasteiger partial charge in [0.2, 0.25) is 0 Å². The van der Waals surface area contributed by atoms with E-state index in [0.29, 0.717) is 34.5 Å². The zero-order valence-corrected chi connectivity index (χ0v) is 23.8. The van der Waals surface area contributed by atoms with Crippen molar-refractivity contribution in [3.05, 3.63) is 150 Å². The van der Waals surface area contributed by atoms with E-state index in [0.717, 1.165) is 38.8 Å². The van der Waals surface area contributed by atoms with Crippen LogP contribution in [0.1, 0.15) is 0 Å². The Kier molecular flexibility index (Phi) is 6.42. The molecule has 0 atom stereocenters. The van der Waals surface area contributed by atoms with E-state index in [1.807, 2.05) is 127 Å². The van der Waals surface area contributed by atoms with Crippen LogP contribution >= 0.6 is 0 Å². The van der Waals surface area contributed by atoms with Crippen molar-refractivity contribution in [1.29, 1.82) is 0 Å². The summed E-state index contributed by atoms with van der Waals surface area (Å²) >= 11 is 0. The number of rotatable bonds is 5. The Hall–Kier alpha value is -6.41. The van der Waals surface area contributed by atoms with E-state index in [2.05, 4.69) is 16.0 Å². The molecule has 0 radical (unpaired) electrons. The number of hydrogen-bond donors (Lipinski definition) is 0. The van der Waals surface area contributed by atoms with Crippen molar-refractivity contribution in [1.82, 2.24) is 34.3 Å². The van der Waals surface area contributed by atoms with Crippen molar-refractivity contribution in [2.24, 2.45) is 0 Å². The molecule has 45 heavy (non-hydrogen) atoms. The van der Waals surface area contributed by atoms with Gasteiger partial charge in [0.25, 0.3) is 0 Å². The Balaban J connectivity index is 1.23. The number of aromatic nitrogens is 7. The predicted octanol–water partition coefficient (Wildman–Crippen LogP) is 7.16. The van der Waals surface area contributed by atoms with Crippen LogP contribution < -0.4 is 5.69 Å². The lowest BCUT2D eigenvalue weighted by Crippen LogP contribution is -2.19. The third kappa shape index (κ3) is 5.00. The van der Waals surface area contributed by atoms with Crippen molar-refractivity contribution < 1.29 is 0 Å². The first-order valence-corrected chi connectivity index (χ1v) is 14.4. The SMILES string of the molecule is O=c1nc(-c2ccccc2)nc2c3ccc(-c4cccc(-c5nc(-c6ccccc6)nc(-c6ccccc6)n5)c4)cc3ncn12. The normalized spacial score (nSPS) is 11.2. The lowest BCUT2D eigenvalue weighted by Gasteiger charge is -2.10. The van der Waals surface area contributed by atoms with Gasteiger partial charge in [-0.1, -0.05) is 115 Å². The maximum atomic E-state index is 12.9. The standard InChI is InChI=1S/C37H23N7O/c45-37-43-34(26-15-8-3-9-16-26)42-36-30-20-19-28(22-31(30)38-23-44(36)37)27-17-10-18-29(21-27)35-40-32(24-11-4-1-5-12-24)39-33(41-35)25-13-6-2-7-14-25/h1-23H. The van der Waals surface area contributed by atoms with E-state index in [1.165, 1.54) is 10.7 Å². The first-order valence-electron chi connectivity index (χ1n) is 14.4. The van der Waals surface area contributed by atoms with E-state index >= 15 is 0 Å². The molecule has 0 N–H and O–H groups in total. The highest BCUT2D eigenvalue weighted by molar-refractivity contribution is 5.94.